The topological polar surface area (TPSA) is 86.0 Å². The monoisotopic (exact) mass is 245 g/mol. The maximum Gasteiger partial charge on any atom is 0.322 e. The molecule has 1 atom stereocenters. The van der Waals surface area contributed by atoms with Crippen molar-refractivity contribution in [1.29, 1.82) is 0 Å². The van der Waals surface area contributed by atoms with Crippen LogP contribution in [0.25, 0.3) is 0 Å². The molecule has 0 aliphatic rings. The van der Waals surface area contributed by atoms with E-state index in [4.69, 9.17) is 22.1 Å². The number of rotatable bonds is 5. The van der Waals surface area contributed by atoms with Gasteiger partial charge in [-0.25, -0.2) is 0 Å². The molecule has 0 saturated heterocycles. The molecule has 1 heterocycles. The molecule has 0 radical (unpaired) electrons. The van der Waals surface area contributed by atoms with Crippen molar-refractivity contribution in [3.05, 3.63) is 5.28 Å². The second-order valence-corrected chi connectivity index (χ2v) is 4.04. The SMILES string of the molecule is COc1nc(Cl)nc(NCC(N)C(C)C)n1. The molecule has 0 aliphatic carbocycles. The molecule has 1 aromatic heterocycles. The van der Waals surface area contributed by atoms with E-state index in [9.17, 15) is 0 Å². The van der Waals surface area contributed by atoms with Crippen LogP contribution in [0.1, 0.15) is 13.8 Å². The Morgan fingerprint density at radius 1 is 1.38 bits per heavy atom. The minimum atomic E-state index is 0.0292. The van der Waals surface area contributed by atoms with Gasteiger partial charge in [0, 0.05) is 12.6 Å². The molecule has 1 unspecified atom stereocenters. The smallest absolute Gasteiger partial charge is 0.322 e. The van der Waals surface area contributed by atoms with Crippen LogP contribution in [-0.4, -0.2) is 34.6 Å². The van der Waals surface area contributed by atoms with Crippen LogP contribution >= 0.6 is 11.6 Å². The van der Waals surface area contributed by atoms with Crippen molar-refractivity contribution in [3.63, 3.8) is 0 Å². The van der Waals surface area contributed by atoms with Gasteiger partial charge in [-0.15, -0.1) is 0 Å². The lowest BCUT2D eigenvalue weighted by atomic mass is 10.1. The van der Waals surface area contributed by atoms with E-state index in [1.165, 1.54) is 7.11 Å². The van der Waals surface area contributed by atoms with Crippen LogP contribution in [0.2, 0.25) is 5.28 Å². The first-order chi connectivity index (χ1) is 7.52. The van der Waals surface area contributed by atoms with Crippen LogP contribution in [0, 0.1) is 5.92 Å². The van der Waals surface area contributed by atoms with E-state index in [1.807, 2.05) is 13.8 Å². The summed E-state index contributed by atoms with van der Waals surface area (Å²) in [4.78, 5) is 11.7. The van der Waals surface area contributed by atoms with Gasteiger partial charge in [-0.1, -0.05) is 13.8 Å². The summed E-state index contributed by atoms with van der Waals surface area (Å²) in [5, 5.41) is 3.08. The highest BCUT2D eigenvalue weighted by molar-refractivity contribution is 6.28. The number of nitrogens with zero attached hydrogens (tertiary/aromatic N) is 3. The first kappa shape index (κ1) is 12.9. The van der Waals surface area contributed by atoms with Crippen LogP contribution in [0.3, 0.4) is 0 Å². The van der Waals surface area contributed by atoms with Gasteiger partial charge in [-0.3, -0.25) is 0 Å². The fraction of sp³-hybridized carbons (Fsp3) is 0.667. The third kappa shape index (κ3) is 3.79. The Morgan fingerprint density at radius 3 is 2.62 bits per heavy atom. The minimum Gasteiger partial charge on any atom is -0.467 e. The third-order valence-electron chi connectivity index (χ3n) is 2.12. The first-order valence-electron chi connectivity index (χ1n) is 4.98. The number of nitrogens with two attached hydrogens (primary N) is 1. The second kappa shape index (κ2) is 5.81. The normalized spacial score (nSPS) is 12.6. The number of methoxy groups -OCH3 is 1. The lowest BCUT2D eigenvalue weighted by Crippen LogP contribution is -2.34. The Bertz CT molecular complexity index is 347. The van der Waals surface area contributed by atoms with Crippen molar-refractivity contribution in [3.8, 4) is 6.01 Å². The largest absolute Gasteiger partial charge is 0.467 e. The van der Waals surface area contributed by atoms with E-state index in [0.29, 0.717) is 18.4 Å². The molecule has 0 fully saturated rings. The fourth-order valence-electron chi connectivity index (χ4n) is 0.947. The Labute approximate surface area is 99.6 Å². The van der Waals surface area contributed by atoms with Gasteiger partial charge in [-0.05, 0) is 17.5 Å². The van der Waals surface area contributed by atoms with E-state index in [2.05, 4.69) is 20.3 Å². The van der Waals surface area contributed by atoms with Crippen LogP contribution < -0.4 is 15.8 Å². The number of anilines is 1. The zero-order valence-electron chi connectivity index (χ0n) is 9.57. The molecule has 90 valence electrons. The average molecular weight is 246 g/mol. The van der Waals surface area contributed by atoms with E-state index in [0.717, 1.165) is 0 Å². The van der Waals surface area contributed by atoms with Gasteiger partial charge in [-0.2, -0.15) is 15.0 Å². The second-order valence-electron chi connectivity index (χ2n) is 3.70. The minimum absolute atomic E-state index is 0.0292. The van der Waals surface area contributed by atoms with Crippen molar-refractivity contribution in [1.82, 2.24) is 15.0 Å². The van der Waals surface area contributed by atoms with E-state index < -0.39 is 0 Å². The van der Waals surface area contributed by atoms with Gasteiger partial charge in [0.2, 0.25) is 11.2 Å². The summed E-state index contributed by atoms with van der Waals surface area (Å²) in [6.07, 6.45) is 0. The van der Waals surface area contributed by atoms with E-state index in [-0.39, 0.29) is 17.3 Å². The van der Waals surface area contributed by atoms with Crippen molar-refractivity contribution in [2.45, 2.75) is 19.9 Å². The molecule has 0 bridgehead atoms. The highest BCUT2D eigenvalue weighted by Crippen LogP contribution is 2.10. The van der Waals surface area contributed by atoms with Crippen molar-refractivity contribution in [2.75, 3.05) is 19.0 Å². The van der Waals surface area contributed by atoms with E-state index >= 15 is 0 Å². The molecule has 1 aromatic rings. The summed E-state index contributed by atoms with van der Waals surface area (Å²) in [6.45, 7) is 4.67. The maximum atomic E-state index is 5.88. The van der Waals surface area contributed by atoms with Gasteiger partial charge < -0.3 is 15.8 Å². The molecule has 7 heteroatoms. The number of nitrogens with one attached hydrogen (secondary N) is 1. The number of halogens is 1. The van der Waals surface area contributed by atoms with Gasteiger partial charge in [0.1, 0.15) is 0 Å². The standard InChI is InChI=1S/C9H16ClN5O/c1-5(2)6(11)4-12-8-13-7(10)14-9(15-8)16-3/h5-6H,4,11H2,1-3H3,(H,12,13,14,15). The van der Waals surface area contributed by atoms with Crippen molar-refractivity contribution >= 4 is 17.5 Å². The highest BCUT2D eigenvalue weighted by Gasteiger charge is 2.09. The molecule has 1 rings (SSSR count). The summed E-state index contributed by atoms with van der Waals surface area (Å²) >= 11 is 5.69. The third-order valence-corrected chi connectivity index (χ3v) is 2.29. The highest BCUT2D eigenvalue weighted by atomic mass is 35.5. The Kier molecular flexibility index (Phi) is 4.70. The predicted octanol–water partition coefficient (Wildman–Crippen LogP) is 0.929. The van der Waals surface area contributed by atoms with Crippen LogP contribution in [-0.2, 0) is 0 Å². The molecule has 0 aromatic carbocycles. The quantitative estimate of drug-likeness (QED) is 0.803. The zero-order chi connectivity index (χ0) is 12.1. The van der Waals surface area contributed by atoms with Crippen molar-refractivity contribution in [2.24, 2.45) is 11.7 Å². The lowest BCUT2D eigenvalue weighted by Gasteiger charge is -2.16. The van der Waals surface area contributed by atoms with Crippen molar-refractivity contribution < 1.29 is 4.74 Å². The van der Waals surface area contributed by atoms with Crippen LogP contribution in [0.15, 0.2) is 0 Å². The predicted molar refractivity (Wildman–Crippen MR) is 62.7 cm³/mol. The maximum absolute atomic E-state index is 5.88. The molecule has 3 N–H and O–H groups in total. The Hall–Kier alpha value is -1.14. The summed E-state index contributed by atoms with van der Waals surface area (Å²) in [5.74, 6) is 0.750. The zero-order valence-corrected chi connectivity index (χ0v) is 10.3. The fourth-order valence-corrected chi connectivity index (χ4v) is 1.10. The first-order valence-corrected chi connectivity index (χ1v) is 5.35. The summed E-state index contributed by atoms with van der Waals surface area (Å²) in [6, 6.07) is 0.210. The molecule has 0 aliphatic heterocycles. The summed E-state index contributed by atoms with van der Waals surface area (Å²) < 4.78 is 4.87. The molecular formula is C9H16ClN5O. The molecule has 0 spiro atoms. The summed E-state index contributed by atoms with van der Waals surface area (Å²) in [5.41, 5.74) is 5.88. The molecule has 0 amide bonds. The van der Waals surface area contributed by atoms with Crippen LogP contribution in [0.4, 0.5) is 5.95 Å². The van der Waals surface area contributed by atoms with E-state index in [1.54, 1.807) is 0 Å². The number of hydrogen-bond donors (Lipinski definition) is 2. The van der Waals surface area contributed by atoms with Gasteiger partial charge in [0.05, 0.1) is 7.11 Å². The number of hydrogen-bond acceptors (Lipinski definition) is 6. The molecule has 6 nitrogen and oxygen atoms in total. The lowest BCUT2D eigenvalue weighted by molar-refractivity contribution is 0.378. The Morgan fingerprint density at radius 2 is 2.06 bits per heavy atom. The molecular weight excluding hydrogens is 230 g/mol. The number of aromatic nitrogens is 3. The van der Waals surface area contributed by atoms with Gasteiger partial charge in [0.25, 0.3) is 0 Å². The number of ether oxygens (including phenoxy) is 1. The Balaban J connectivity index is 2.63. The molecule has 0 saturated carbocycles. The molecule has 16 heavy (non-hydrogen) atoms. The average Bonchev–Trinajstić information content (AvgIpc) is 2.24. The summed E-state index contributed by atoms with van der Waals surface area (Å²) in [7, 11) is 1.47. The van der Waals surface area contributed by atoms with Crippen LogP contribution in [0.5, 0.6) is 6.01 Å². The van der Waals surface area contributed by atoms with Gasteiger partial charge in [0.15, 0.2) is 0 Å². The van der Waals surface area contributed by atoms with Gasteiger partial charge >= 0.3 is 6.01 Å².